The van der Waals surface area contributed by atoms with Crippen molar-refractivity contribution < 1.29 is 14.3 Å². The lowest BCUT2D eigenvalue weighted by atomic mass is 10.0. The molecule has 1 N–H and O–H groups in total. The van der Waals surface area contributed by atoms with Crippen molar-refractivity contribution in [2.24, 2.45) is 0 Å². The second-order valence-electron chi connectivity index (χ2n) is 6.94. The number of likely N-dealkylation sites (N-methyl/N-ethyl adjacent to an activating group) is 1. The smallest absolute Gasteiger partial charge is 0.238 e. The number of fused-ring (bicyclic) bond motifs is 1. The molecule has 0 saturated heterocycles. The predicted octanol–water partition coefficient (Wildman–Crippen LogP) is 3.65. The first kappa shape index (κ1) is 18.3. The van der Waals surface area contributed by atoms with Crippen molar-refractivity contribution in [3.8, 4) is 11.5 Å². The number of nitrogens with zero attached hydrogens (tertiary/aromatic N) is 1. The summed E-state index contributed by atoms with van der Waals surface area (Å²) < 4.78 is 11.2. The van der Waals surface area contributed by atoms with Gasteiger partial charge >= 0.3 is 0 Å². The van der Waals surface area contributed by atoms with Crippen molar-refractivity contribution in [2.45, 2.75) is 26.3 Å². The number of hydrogen-bond donors (Lipinski definition) is 1. The first-order valence-corrected chi connectivity index (χ1v) is 8.99. The van der Waals surface area contributed by atoms with Crippen LogP contribution in [-0.4, -0.2) is 37.6 Å². The Hall–Kier alpha value is -2.53. The maximum atomic E-state index is 12.4. The number of ether oxygens (including phenoxy) is 2. The Balaban J connectivity index is 1.58. The number of carbonyl (C=O) groups excluding carboxylic acids is 1. The number of para-hydroxylation sites is 1. The molecular formula is C21H26N2O3. The molecule has 1 aliphatic rings. The van der Waals surface area contributed by atoms with Crippen molar-refractivity contribution in [3.05, 3.63) is 53.6 Å². The van der Waals surface area contributed by atoms with Crippen LogP contribution in [0, 0.1) is 0 Å². The summed E-state index contributed by atoms with van der Waals surface area (Å²) in [4.78, 5) is 14.4. The Morgan fingerprint density at radius 2 is 1.85 bits per heavy atom. The molecule has 5 heteroatoms. The average Bonchev–Trinajstić information content (AvgIpc) is 2.61. The van der Waals surface area contributed by atoms with Crippen LogP contribution in [0.1, 0.15) is 30.9 Å². The number of anilines is 1. The largest absolute Gasteiger partial charge is 0.486 e. The summed E-state index contributed by atoms with van der Waals surface area (Å²) in [6.45, 7) is 6.39. The minimum absolute atomic E-state index is 0.0156. The molecule has 0 aliphatic carbocycles. The summed E-state index contributed by atoms with van der Waals surface area (Å²) in [5.41, 5.74) is 3.13. The summed E-state index contributed by atoms with van der Waals surface area (Å²) >= 11 is 0. The first-order valence-electron chi connectivity index (χ1n) is 8.99. The molecule has 0 radical (unpaired) electrons. The third-order valence-corrected chi connectivity index (χ3v) is 4.33. The van der Waals surface area contributed by atoms with Crippen molar-refractivity contribution in [1.82, 2.24) is 4.90 Å². The van der Waals surface area contributed by atoms with Crippen LogP contribution in [0.15, 0.2) is 42.5 Å². The summed E-state index contributed by atoms with van der Waals surface area (Å²) in [6, 6.07) is 13.9. The van der Waals surface area contributed by atoms with E-state index in [1.807, 2.05) is 48.3 Å². The van der Waals surface area contributed by atoms with Crippen molar-refractivity contribution in [2.75, 3.05) is 32.1 Å². The van der Waals surface area contributed by atoms with Crippen LogP contribution in [0.25, 0.3) is 0 Å². The summed E-state index contributed by atoms with van der Waals surface area (Å²) in [5, 5.41) is 3.03. The standard InChI is InChI=1S/C21H26N2O3/c1-15(2)17-6-4-5-7-18(17)22-21(24)14-23(3)13-16-8-9-19-20(12-16)26-11-10-25-19/h4-9,12,15H,10-11,13-14H2,1-3H3,(H,22,24). The second-order valence-corrected chi connectivity index (χ2v) is 6.94. The Bertz CT molecular complexity index is 774. The quantitative estimate of drug-likeness (QED) is 0.860. The average molecular weight is 354 g/mol. The number of hydrogen-bond acceptors (Lipinski definition) is 4. The van der Waals surface area contributed by atoms with E-state index in [0.29, 0.717) is 32.2 Å². The van der Waals surface area contributed by atoms with Crippen LogP contribution in [0.5, 0.6) is 11.5 Å². The molecule has 138 valence electrons. The second kappa shape index (κ2) is 8.23. The van der Waals surface area contributed by atoms with E-state index in [2.05, 4.69) is 25.2 Å². The lowest BCUT2D eigenvalue weighted by Gasteiger charge is -2.21. The van der Waals surface area contributed by atoms with E-state index in [1.165, 1.54) is 0 Å². The Morgan fingerprint density at radius 3 is 2.62 bits per heavy atom. The Kier molecular flexibility index (Phi) is 5.78. The molecule has 2 aromatic carbocycles. The van der Waals surface area contributed by atoms with E-state index in [0.717, 1.165) is 28.3 Å². The molecule has 0 bridgehead atoms. The van der Waals surface area contributed by atoms with Gasteiger partial charge in [-0.1, -0.05) is 38.1 Å². The fraction of sp³-hybridized carbons (Fsp3) is 0.381. The van der Waals surface area contributed by atoms with Gasteiger partial charge in [-0.05, 0) is 42.3 Å². The van der Waals surface area contributed by atoms with Gasteiger partial charge in [0.1, 0.15) is 13.2 Å². The highest BCUT2D eigenvalue weighted by Crippen LogP contribution is 2.31. The fourth-order valence-electron chi connectivity index (χ4n) is 3.10. The van der Waals surface area contributed by atoms with Crippen LogP contribution in [0.3, 0.4) is 0 Å². The fourth-order valence-corrected chi connectivity index (χ4v) is 3.10. The maximum Gasteiger partial charge on any atom is 0.238 e. The van der Waals surface area contributed by atoms with E-state index in [1.54, 1.807) is 0 Å². The van der Waals surface area contributed by atoms with Crippen LogP contribution in [-0.2, 0) is 11.3 Å². The van der Waals surface area contributed by atoms with Gasteiger partial charge in [-0.3, -0.25) is 9.69 Å². The van der Waals surface area contributed by atoms with E-state index in [4.69, 9.17) is 9.47 Å². The molecule has 0 fully saturated rings. The summed E-state index contributed by atoms with van der Waals surface area (Å²) in [7, 11) is 1.94. The lowest BCUT2D eigenvalue weighted by Crippen LogP contribution is -2.30. The molecule has 1 aliphatic heterocycles. The topological polar surface area (TPSA) is 50.8 Å². The number of benzene rings is 2. The molecule has 0 saturated carbocycles. The molecule has 0 atom stereocenters. The highest BCUT2D eigenvalue weighted by molar-refractivity contribution is 5.93. The van der Waals surface area contributed by atoms with Gasteiger partial charge in [0, 0.05) is 12.2 Å². The molecular weight excluding hydrogens is 328 g/mol. The van der Waals surface area contributed by atoms with Crippen molar-refractivity contribution in [1.29, 1.82) is 0 Å². The third kappa shape index (κ3) is 4.55. The Labute approximate surface area is 154 Å². The van der Waals surface area contributed by atoms with Gasteiger partial charge in [0.2, 0.25) is 5.91 Å². The van der Waals surface area contributed by atoms with Gasteiger partial charge in [0.15, 0.2) is 11.5 Å². The van der Waals surface area contributed by atoms with Gasteiger partial charge in [-0.2, -0.15) is 0 Å². The highest BCUT2D eigenvalue weighted by Gasteiger charge is 2.14. The van der Waals surface area contributed by atoms with Crippen LogP contribution < -0.4 is 14.8 Å². The molecule has 0 aromatic heterocycles. The van der Waals surface area contributed by atoms with E-state index >= 15 is 0 Å². The van der Waals surface area contributed by atoms with Gasteiger partial charge in [0.05, 0.1) is 6.54 Å². The molecule has 1 heterocycles. The van der Waals surface area contributed by atoms with Gasteiger partial charge in [-0.15, -0.1) is 0 Å². The number of rotatable bonds is 6. The SMILES string of the molecule is CC(C)c1ccccc1NC(=O)CN(C)Cc1ccc2c(c1)OCCO2. The molecule has 0 spiro atoms. The number of carbonyl (C=O) groups is 1. The van der Waals surface area contributed by atoms with Gasteiger partial charge in [-0.25, -0.2) is 0 Å². The summed E-state index contributed by atoms with van der Waals surface area (Å²) in [6.07, 6.45) is 0. The van der Waals surface area contributed by atoms with E-state index in [9.17, 15) is 4.79 Å². The summed E-state index contributed by atoms with van der Waals surface area (Å²) in [5.74, 6) is 1.91. The predicted molar refractivity (Wildman–Crippen MR) is 103 cm³/mol. The minimum Gasteiger partial charge on any atom is -0.486 e. The molecule has 0 unspecified atom stereocenters. The van der Waals surface area contributed by atoms with Crippen molar-refractivity contribution >= 4 is 11.6 Å². The number of amides is 1. The number of nitrogens with one attached hydrogen (secondary N) is 1. The van der Waals surface area contributed by atoms with Crippen LogP contribution >= 0.6 is 0 Å². The molecule has 2 aromatic rings. The van der Waals surface area contributed by atoms with E-state index in [-0.39, 0.29) is 5.91 Å². The molecule has 3 rings (SSSR count). The first-order chi connectivity index (χ1) is 12.5. The zero-order chi connectivity index (χ0) is 18.5. The van der Waals surface area contributed by atoms with Crippen LogP contribution in [0.2, 0.25) is 0 Å². The third-order valence-electron chi connectivity index (χ3n) is 4.33. The normalized spacial score (nSPS) is 13.1. The zero-order valence-electron chi connectivity index (χ0n) is 15.6. The zero-order valence-corrected chi connectivity index (χ0v) is 15.6. The monoisotopic (exact) mass is 354 g/mol. The van der Waals surface area contributed by atoms with Gasteiger partial charge < -0.3 is 14.8 Å². The lowest BCUT2D eigenvalue weighted by molar-refractivity contribution is -0.117. The molecule has 1 amide bonds. The molecule has 26 heavy (non-hydrogen) atoms. The minimum atomic E-state index is -0.0156. The molecule has 5 nitrogen and oxygen atoms in total. The van der Waals surface area contributed by atoms with Gasteiger partial charge in [0.25, 0.3) is 0 Å². The van der Waals surface area contributed by atoms with Crippen LogP contribution in [0.4, 0.5) is 5.69 Å². The maximum absolute atomic E-state index is 12.4. The van der Waals surface area contributed by atoms with Crippen molar-refractivity contribution in [3.63, 3.8) is 0 Å². The Morgan fingerprint density at radius 1 is 1.12 bits per heavy atom. The highest BCUT2D eigenvalue weighted by atomic mass is 16.6. The van der Waals surface area contributed by atoms with E-state index < -0.39 is 0 Å².